The summed E-state index contributed by atoms with van der Waals surface area (Å²) in [7, 11) is 0. The van der Waals surface area contributed by atoms with Gasteiger partial charge in [-0.05, 0) is 30.0 Å². The van der Waals surface area contributed by atoms with E-state index in [9.17, 15) is 4.79 Å². The molecule has 0 aliphatic carbocycles. The van der Waals surface area contributed by atoms with Crippen LogP contribution in [-0.2, 0) is 6.42 Å². The fourth-order valence-corrected chi connectivity index (χ4v) is 2.19. The molecule has 0 fully saturated rings. The van der Waals surface area contributed by atoms with Gasteiger partial charge in [0.1, 0.15) is 0 Å². The Bertz CT molecular complexity index is 696. The van der Waals surface area contributed by atoms with E-state index in [4.69, 9.17) is 13.9 Å². The van der Waals surface area contributed by atoms with E-state index in [0.29, 0.717) is 30.5 Å². The highest BCUT2D eigenvalue weighted by atomic mass is 16.7. The van der Waals surface area contributed by atoms with Crippen LogP contribution in [0.2, 0.25) is 0 Å². The molecular weight excluding hydrogens is 298 g/mol. The van der Waals surface area contributed by atoms with Crippen LogP contribution in [0.25, 0.3) is 0 Å². The number of hydrogen-bond donors (Lipinski definition) is 1. The molecule has 1 aromatic heterocycles. The number of benzene rings is 1. The van der Waals surface area contributed by atoms with Gasteiger partial charge in [0.2, 0.25) is 12.7 Å². The molecule has 0 saturated carbocycles. The predicted molar refractivity (Wildman–Crippen MR) is 81.5 cm³/mol. The van der Waals surface area contributed by atoms with E-state index in [-0.39, 0.29) is 18.6 Å². The Labute approximate surface area is 134 Å². The third-order valence-corrected chi connectivity index (χ3v) is 3.46. The number of nitrogens with one attached hydrogen (secondary N) is 1. The summed E-state index contributed by atoms with van der Waals surface area (Å²) in [5.41, 5.74) is 0.949. The molecule has 3 rings (SSSR count). The molecule has 2 heterocycles. The number of ether oxygens (including phenoxy) is 2. The van der Waals surface area contributed by atoms with Gasteiger partial charge >= 0.3 is 11.8 Å². The SMILES string of the molecule is CC(C)CCNC(=O)c1nnc(Cc2ccc3c(c2)OCO3)o1. The zero-order chi connectivity index (χ0) is 16.2. The van der Waals surface area contributed by atoms with E-state index in [1.807, 2.05) is 18.2 Å². The van der Waals surface area contributed by atoms with Crippen molar-refractivity contribution in [3.63, 3.8) is 0 Å². The minimum absolute atomic E-state index is 0.00972. The molecule has 122 valence electrons. The number of nitrogens with zero attached hydrogens (tertiary/aromatic N) is 2. The number of hydrogen-bond acceptors (Lipinski definition) is 6. The molecule has 0 radical (unpaired) electrons. The van der Waals surface area contributed by atoms with Crippen molar-refractivity contribution < 1.29 is 18.7 Å². The fourth-order valence-electron chi connectivity index (χ4n) is 2.19. The zero-order valence-electron chi connectivity index (χ0n) is 13.2. The van der Waals surface area contributed by atoms with E-state index in [0.717, 1.165) is 17.7 Å². The van der Waals surface area contributed by atoms with Crippen LogP contribution in [0.1, 0.15) is 42.4 Å². The lowest BCUT2D eigenvalue weighted by atomic mass is 10.1. The van der Waals surface area contributed by atoms with Gasteiger partial charge in [0.15, 0.2) is 11.5 Å². The van der Waals surface area contributed by atoms with Gasteiger partial charge < -0.3 is 19.2 Å². The first-order chi connectivity index (χ1) is 11.1. The lowest BCUT2D eigenvalue weighted by Crippen LogP contribution is -2.25. The molecule has 1 aliphatic heterocycles. The minimum atomic E-state index is -0.338. The first kappa shape index (κ1) is 15.3. The molecule has 0 bridgehead atoms. The lowest BCUT2D eigenvalue weighted by molar-refractivity contribution is 0.0915. The maximum Gasteiger partial charge on any atom is 0.308 e. The Balaban J connectivity index is 1.60. The number of carbonyl (C=O) groups excluding carboxylic acids is 1. The second-order valence-corrected chi connectivity index (χ2v) is 5.80. The zero-order valence-corrected chi connectivity index (χ0v) is 13.2. The molecule has 7 heteroatoms. The van der Waals surface area contributed by atoms with Crippen LogP contribution in [0.5, 0.6) is 11.5 Å². The summed E-state index contributed by atoms with van der Waals surface area (Å²) >= 11 is 0. The van der Waals surface area contributed by atoms with Gasteiger partial charge in [-0.15, -0.1) is 10.2 Å². The average molecular weight is 317 g/mol. The van der Waals surface area contributed by atoms with Gasteiger partial charge in [-0.25, -0.2) is 0 Å². The van der Waals surface area contributed by atoms with Crippen molar-refractivity contribution in [3.05, 3.63) is 35.5 Å². The normalized spacial score (nSPS) is 12.7. The van der Waals surface area contributed by atoms with E-state index in [2.05, 4.69) is 29.4 Å². The van der Waals surface area contributed by atoms with Gasteiger partial charge in [0.25, 0.3) is 0 Å². The van der Waals surface area contributed by atoms with Gasteiger partial charge in [-0.2, -0.15) is 0 Å². The van der Waals surface area contributed by atoms with E-state index >= 15 is 0 Å². The highest BCUT2D eigenvalue weighted by molar-refractivity contribution is 5.89. The summed E-state index contributed by atoms with van der Waals surface area (Å²) in [5.74, 6) is 2.00. The Morgan fingerprint density at radius 1 is 1.26 bits per heavy atom. The summed E-state index contributed by atoms with van der Waals surface area (Å²) < 4.78 is 16.0. The van der Waals surface area contributed by atoms with Crippen LogP contribution >= 0.6 is 0 Å². The Morgan fingerprint density at radius 3 is 2.91 bits per heavy atom. The quantitative estimate of drug-likeness (QED) is 0.878. The second-order valence-electron chi connectivity index (χ2n) is 5.80. The molecule has 0 atom stereocenters. The molecule has 23 heavy (non-hydrogen) atoms. The van der Waals surface area contributed by atoms with Crippen molar-refractivity contribution in [1.82, 2.24) is 15.5 Å². The third kappa shape index (κ3) is 3.80. The molecule has 1 aromatic carbocycles. The highest BCUT2D eigenvalue weighted by Crippen LogP contribution is 2.32. The van der Waals surface area contributed by atoms with Crippen LogP contribution in [0.4, 0.5) is 0 Å². The lowest BCUT2D eigenvalue weighted by Gasteiger charge is -2.04. The number of amides is 1. The van der Waals surface area contributed by atoms with E-state index < -0.39 is 0 Å². The topological polar surface area (TPSA) is 86.5 Å². The van der Waals surface area contributed by atoms with Crippen LogP contribution in [0.15, 0.2) is 22.6 Å². The van der Waals surface area contributed by atoms with Crippen LogP contribution in [0.3, 0.4) is 0 Å². The number of carbonyl (C=O) groups is 1. The summed E-state index contributed by atoms with van der Waals surface area (Å²) in [4.78, 5) is 11.9. The molecule has 2 aromatic rings. The van der Waals surface area contributed by atoms with Crippen LogP contribution in [-0.4, -0.2) is 29.4 Å². The largest absolute Gasteiger partial charge is 0.454 e. The minimum Gasteiger partial charge on any atom is -0.454 e. The van der Waals surface area contributed by atoms with Gasteiger partial charge in [-0.1, -0.05) is 19.9 Å². The fraction of sp³-hybridized carbons (Fsp3) is 0.438. The van der Waals surface area contributed by atoms with Crippen molar-refractivity contribution in [2.75, 3.05) is 13.3 Å². The summed E-state index contributed by atoms with van der Waals surface area (Å²) in [5, 5.41) is 10.5. The Kier molecular flexibility index (Phi) is 4.45. The van der Waals surface area contributed by atoms with Gasteiger partial charge in [0.05, 0.1) is 6.42 Å². The molecule has 1 N–H and O–H groups in total. The number of rotatable bonds is 6. The Hall–Kier alpha value is -2.57. The monoisotopic (exact) mass is 317 g/mol. The first-order valence-corrected chi connectivity index (χ1v) is 7.61. The maximum atomic E-state index is 11.9. The maximum absolute atomic E-state index is 11.9. The molecular formula is C16H19N3O4. The van der Waals surface area contributed by atoms with Crippen LogP contribution < -0.4 is 14.8 Å². The standard InChI is InChI=1S/C16H19N3O4/c1-10(2)5-6-17-15(20)16-19-18-14(23-16)8-11-3-4-12-13(7-11)22-9-21-12/h3-4,7,10H,5-6,8-9H2,1-2H3,(H,17,20). The number of aromatic nitrogens is 2. The molecule has 0 spiro atoms. The van der Waals surface area contributed by atoms with Crippen molar-refractivity contribution in [3.8, 4) is 11.5 Å². The van der Waals surface area contributed by atoms with Crippen molar-refractivity contribution >= 4 is 5.91 Å². The van der Waals surface area contributed by atoms with Crippen molar-refractivity contribution in [2.24, 2.45) is 5.92 Å². The summed E-state index contributed by atoms with van der Waals surface area (Å²) in [6, 6.07) is 5.61. The first-order valence-electron chi connectivity index (χ1n) is 7.61. The van der Waals surface area contributed by atoms with Crippen molar-refractivity contribution in [2.45, 2.75) is 26.7 Å². The predicted octanol–water partition coefficient (Wildman–Crippen LogP) is 2.17. The van der Waals surface area contributed by atoms with Gasteiger partial charge in [0, 0.05) is 6.54 Å². The molecule has 1 amide bonds. The Morgan fingerprint density at radius 2 is 2.09 bits per heavy atom. The van der Waals surface area contributed by atoms with Crippen LogP contribution in [0, 0.1) is 5.92 Å². The number of fused-ring (bicyclic) bond motifs is 1. The van der Waals surface area contributed by atoms with Gasteiger partial charge in [-0.3, -0.25) is 4.79 Å². The van der Waals surface area contributed by atoms with E-state index in [1.54, 1.807) is 0 Å². The smallest absolute Gasteiger partial charge is 0.308 e. The van der Waals surface area contributed by atoms with E-state index in [1.165, 1.54) is 0 Å². The average Bonchev–Trinajstić information content (AvgIpc) is 3.15. The third-order valence-electron chi connectivity index (χ3n) is 3.46. The van der Waals surface area contributed by atoms with Crippen molar-refractivity contribution in [1.29, 1.82) is 0 Å². The summed E-state index contributed by atoms with van der Waals surface area (Å²) in [6.45, 7) is 5.03. The second kappa shape index (κ2) is 6.68. The molecule has 7 nitrogen and oxygen atoms in total. The highest BCUT2D eigenvalue weighted by Gasteiger charge is 2.17. The molecule has 1 aliphatic rings. The summed E-state index contributed by atoms with van der Waals surface area (Å²) in [6.07, 6.45) is 1.34. The molecule has 0 saturated heterocycles. The molecule has 0 unspecified atom stereocenters.